The lowest BCUT2D eigenvalue weighted by Gasteiger charge is -2.23. The van der Waals surface area contributed by atoms with E-state index in [1.807, 2.05) is 12.1 Å². The van der Waals surface area contributed by atoms with Gasteiger partial charge in [-0.1, -0.05) is 135 Å². The van der Waals surface area contributed by atoms with Crippen molar-refractivity contribution < 1.29 is 14.3 Å². The van der Waals surface area contributed by atoms with Gasteiger partial charge in [-0.25, -0.2) is 0 Å². The van der Waals surface area contributed by atoms with Crippen molar-refractivity contribution in [2.75, 3.05) is 6.16 Å². The molecular weight excluding hydrogens is 427 g/mol. The molecule has 0 heterocycles. The van der Waals surface area contributed by atoms with Crippen LogP contribution in [-0.4, -0.2) is 15.9 Å². The summed E-state index contributed by atoms with van der Waals surface area (Å²) in [4.78, 5) is 21.0. The largest absolute Gasteiger partial charge is 0.451 e. The lowest BCUT2D eigenvalue weighted by Crippen LogP contribution is -2.15. The van der Waals surface area contributed by atoms with Crippen LogP contribution in [-0.2, 0) is 5.41 Å². The highest BCUT2D eigenvalue weighted by atomic mass is 31.2. The molecule has 0 saturated carbocycles. The van der Waals surface area contributed by atoms with Crippen molar-refractivity contribution in [2.24, 2.45) is 0 Å². The molecule has 0 unspecified atom stereocenters. The second kappa shape index (κ2) is 16.9. The molecule has 192 valence electrons. The molecule has 0 aliphatic rings. The van der Waals surface area contributed by atoms with Crippen molar-refractivity contribution in [3.63, 3.8) is 0 Å². The third-order valence-corrected chi connectivity index (χ3v) is 7.88. The summed E-state index contributed by atoms with van der Waals surface area (Å²) < 4.78 is 5.76. The summed E-state index contributed by atoms with van der Waals surface area (Å²) in [6, 6.07) is 5.94. The fourth-order valence-corrected chi connectivity index (χ4v) is 5.58. The normalized spacial score (nSPS) is 12.3. The van der Waals surface area contributed by atoms with E-state index in [0.29, 0.717) is 11.9 Å². The highest BCUT2D eigenvalue weighted by Crippen LogP contribution is 2.53. The number of hydrogen-bond acceptors (Lipinski definition) is 3. The van der Waals surface area contributed by atoms with Crippen molar-refractivity contribution in [1.82, 2.24) is 0 Å². The fourth-order valence-electron chi connectivity index (χ4n) is 4.38. The molecule has 0 aliphatic heterocycles. The van der Waals surface area contributed by atoms with E-state index in [0.717, 1.165) is 24.0 Å². The molecule has 1 aromatic rings. The van der Waals surface area contributed by atoms with Crippen LogP contribution in [0, 0.1) is 6.92 Å². The molecule has 0 bridgehead atoms. The van der Waals surface area contributed by atoms with Crippen LogP contribution < -0.4 is 4.52 Å². The van der Waals surface area contributed by atoms with Gasteiger partial charge in [-0.05, 0) is 31.2 Å². The summed E-state index contributed by atoms with van der Waals surface area (Å²) in [6.07, 6.45) is 21.3. The SMILES string of the molecule is CCCCCCCCCCCCCCCCCC[P+](O)(O)Oc1ccc(C)cc1C(C)(C)C. The van der Waals surface area contributed by atoms with Gasteiger partial charge >= 0.3 is 7.94 Å². The first-order chi connectivity index (χ1) is 15.7. The molecule has 0 aromatic heterocycles. The highest BCUT2D eigenvalue weighted by Gasteiger charge is 2.38. The van der Waals surface area contributed by atoms with Gasteiger partial charge in [0.15, 0.2) is 5.75 Å². The smallest absolute Gasteiger partial charge is 0.287 e. The van der Waals surface area contributed by atoms with Gasteiger partial charge in [0.2, 0.25) is 0 Å². The summed E-state index contributed by atoms with van der Waals surface area (Å²) >= 11 is 0. The van der Waals surface area contributed by atoms with Crippen molar-refractivity contribution in [3.8, 4) is 5.75 Å². The molecule has 33 heavy (non-hydrogen) atoms. The average molecular weight is 482 g/mol. The maximum Gasteiger partial charge on any atom is 0.451 e. The standard InChI is InChI=1S/C29H54O3P/c1-6-7-8-9-10-11-12-13-14-15-16-17-18-19-20-21-24-33(30,31)32-28-23-22-26(2)25-27(28)29(3,4)5/h22-23,25,30-31H,6-21,24H2,1-5H3/q+1. The molecule has 0 saturated heterocycles. The van der Waals surface area contributed by atoms with E-state index in [1.54, 1.807) is 0 Å². The highest BCUT2D eigenvalue weighted by molar-refractivity contribution is 7.60. The molecule has 0 spiro atoms. The van der Waals surface area contributed by atoms with E-state index in [4.69, 9.17) is 4.52 Å². The Hall–Kier alpha value is -0.630. The van der Waals surface area contributed by atoms with Gasteiger partial charge in [0.05, 0.1) is 0 Å². The van der Waals surface area contributed by atoms with Gasteiger partial charge in [0.1, 0.15) is 6.16 Å². The number of benzene rings is 1. The summed E-state index contributed by atoms with van der Waals surface area (Å²) in [5, 5.41) is 0. The van der Waals surface area contributed by atoms with Crippen LogP contribution >= 0.6 is 7.94 Å². The Morgan fingerprint density at radius 3 is 1.55 bits per heavy atom. The predicted molar refractivity (Wildman–Crippen MR) is 146 cm³/mol. The van der Waals surface area contributed by atoms with Crippen LogP contribution in [0.5, 0.6) is 5.75 Å². The van der Waals surface area contributed by atoms with Crippen LogP contribution in [0.2, 0.25) is 0 Å². The van der Waals surface area contributed by atoms with Crippen LogP contribution in [0.4, 0.5) is 0 Å². The minimum absolute atomic E-state index is 0.102. The van der Waals surface area contributed by atoms with Gasteiger partial charge in [-0.2, -0.15) is 9.79 Å². The molecule has 0 aliphatic carbocycles. The summed E-state index contributed by atoms with van der Waals surface area (Å²) in [7, 11) is -3.36. The quantitative estimate of drug-likeness (QED) is 0.153. The maximum atomic E-state index is 10.5. The van der Waals surface area contributed by atoms with Gasteiger partial charge in [0.25, 0.3) is 0 Å². The molecule has 0 fully saturated rings. The minimum atomic E-state index is -3.36. The predicted octanol–water partition coefficient (Wildman–Crippen LogP) is 9.68. The molecule has 1 rings (SSSR count). The van der Waals surface area contributed by atoms with Gasteiger partial charge in [-0.3, -0.25) is 4.52 Å². The number of rotatable bonds is 19. The molecule has 4 heteroatoms. The van der Waals surface area contributed by atoms with Crippen LogP contribution in [0.1, 0.15) is 142 Å². The lowest BCUT2D eigenvalue weighted by atomic mass is 9.85. The Morgan fingerprint density at radius 2 is 1.12 bits per heavy atom. The lowest BCUT2D eigenvalue weighted by molar-refractivity contribution is 0.332. The Kier molecular flexibility index (Phi) is 15.6. The van der Waals surface area contributed by atoms with Gasteiger partial charge in [-0.15, -0.1) is 0 Å². The zero-order valence-electron chi connectivity index (χ0n) is 22.5. The van der Waals surface area contributed by atoms with Crippen molar-refractivity contribution in [1.29, 1.82) is 0 Å². The van der Waals surface area contributed by atoms with Crippen LogP contribution in [0.3, 0.4) is 0 Å². The van der Waals surface area contributed by atoms with Gasteiger partial charge < -0.3 is 0 Å². The molecule has 2 N–H and O–H groups in total. The first-order valence-electron chi connectivity index (χ1n) is 13.8. The monoisotopic (exact) mass is 481 g/mol. The maximum absolute atomic E-state index is 10.5. The zero-order valence-corrected chi connectivity index (χ0v) is 23.4. The number of hydrogen-bond donors (Lipinski definition) is 2. The topological polar surface area (TPSA) is 49.7 Å². The van der Waals surface area contributed by atoms with Crippen molar-refractivity contribution >= 4 is 7.94 Å². The second-order valence-electron chi connectivity index (χ2n) is 11.0. The van der Waals surface area contributed by atoms with E-state index < -0.39 is 7.94 Å². The Morgan fingerprint density at radius 1 is 0.697 bits per heavy atom. The van der Waals surface area contributed by atoms with E-state index in [1.165, 1.54) is 89.9 Å². The molecule has 0 atom stereocenters. The third kappa shape index (κ3) is 15.1. The minimum Gasteiger partial charge on any atom is -0.287 e. The Balaban J connectivity index is 2.07. The summed E-state index contributed by atoms with van der Waals surface area (Å²) in [5.41, 5.74) is 2.09. The summed E-state index contributed by atoms with van der Waals surface area (Å²) in [5.74, 6) is 0.614. The fraction of sp³-hybridized carbons (Fsp3) is 0.793. The van der Waals surface area contributed by atoms with E-state index in [2.05, 4.69) is 40.7 Å². The molecule has 1 aromatic carbocycles. The summed E-state index contributed by atoms with van der Waals surface area (Å²) in [6.45, 7) is 10.7. The van der Waals surface area contributed by atoms with E-state index in [-0.39, 0.29) is 5.41 Å². The Bertz CT molecular complexity index is 622. The molecule has 3 nitrogen and oxygen atoms in total. The first-order valence-corrected chi connectivity index (χ1v) is 15.6. The van der Waals surface area contributed by atoms with Crippen LogP contribution in [0.25, 0.3) is 0 Å². The van der Waals surface area contributed by atoms with E-state index in [9.17, 15) is 9.79 Å². The average Bonchev–Trinajstić information content (AvgIpc) is 2.74. The Labute approximate surface area is 206 Å². The number of aryl methyl sites for hydroxylation is 1. The van der Waals surface area contributed by atoms with Crippen molar-refractivity contribution in [3.05, 3.63) is 29.3 Å². The van der Waals surface area contributed by atoms with Gasteiger partial charge in [0, 0.05) is 5.56 Å². The second-order valence-corrected chi connectivity index (χ2v) is 13.0. The zero-order chi connectivity index (χ0) is 24.6. The van der Waals surface area contributed by atoms with Crippen molar-refractivity contribution in [2.45, 2.75) is 143 Å². The first kappa shape index (κ1) is 30.4. The number of unbranched alkanes of at least 4 members (excludes halogenated alkanes) is 15. The van der Waals surface area contributed by atoms with Crippen LogP contribution in [0.15, 0.2) is 18.2 Å². The van der Waals surface area contributed by atoms with E-state index >= 15 is 0 Å². The molecule has 0 radical (unpaired) electrons. The third-order valence-electron chi connectivity index (χ3n) is 6.49. The molecular formula is C29H54O3P+. The molecule has 0 amide bonds.